The molecule has 0 saturated heterocycles. The minimum absolute atomic E-state index is 0.00299. The van der Waals surface area contributed by atoms with Crippen LogP contribution in [0.3, 0.4) is 0 Å². The van der Waals surface area contributed by atoms with Gasteiger partial charge in [-0.2, -0.15) is 0 Å². The van der Waals surface area contributed by atoms with E-state index in [4.69, 9.17) is 5.11 Å². The van der Waals surface area contributed by atoms with Crippen LogP contribution in [0.25, 0.3) is 0 Å². The van der Waals surface area contributed by atoms with E-state index in [1.165, 1.54) is 11.9 Å². The highest BCUT2D eigenvalue weighted by Gasteiger charge is 2.16. The molecule has 0 fully saturated rings. The first-order valence-corrected chi connectivity index (χ1v) is 5.88. The molecule has 0 aromatic heterocycles. The van der Waals surface area contributed by atoms with Crippen LogP contribution in [0.4, 0.5) is 4.79 Å². The first-order valence-electron chi connectivity index (χ1n) is 5.88. The Kier molecular flexibility index (Phi) is 7.50. The molecule has 0 bridgehead atoms. The maximum atomic E-state index is 11.8. The summed E-state index contributed by atoms with van der Waals surface area (Å²) in [4.78, 5) is 34.7. The molecule has 0 aliphatic rings. The van der Waals surface area contributed by atoms with E-state index in [-0.39, 0.29) is 30.9 Å². The van der Waals surface area contributed by atoms with Crippen molar-refractivity contribution >= 4 is 17.9 Å². The Morgan fingerprint density at radius 1 is 1.33 bits per heavy atom. The van der Waals surface area contributed by atoms with Crippen molar-refractivity contribution in [3.8, 4) is 0 Å². The molecule has 0 aliphatic carbocycles. The number of aliphatic carboxylic acids is 1. The first-order chi connectivity index (χ1) is 8.40. The highest BCUT2D eigenvalue weighted by atomic mass is 16.4. The summed E-state index contributed by atoms with van der Waals surface area (Å²) in [6, 6.07) is -0.605. The van der Waals surface area contributed by atoms with Gasteiger partial charge in [-0.3, -0.25) is 9.59 Å². The molecule has 0 rings (SSSR count). The van der Waals surface area contributed by atoms with Gasteiger partial charge in [-0.1, -0.05) is 0 Å². The van der Waals surface area contributed by atoms with Crippen LogP contribution in [0.1, 0.15) is 26.7 Å². The predicted molar refractivity (Wildman–Crippen MR) is 66.2 cm³/mol. The topological polar surface area (TPSA) is 98.7 Å². The number of nitrogens with one attached hydrogen (secondary N) is 2. The second kappa shape index (κ2) is 8.32. The summed E-state index contributed by atoms with van der Waals surface area (Å²) in [6.45, 7) is 3.90. The number of rotatable bonds is 7. The Morgan fingerprint density at radius 2 is 1.94 bits per heavy atom. The molecule has 104 valence electrons. The van der Waals surface area contributed by atoms with E-state index in [2.05, 4.69) is 10.6 Å². The third-order valence-corrected chi connectivity index (χ3v) is 2.44. The van der Waals surface area contributed by atoms with Gasteiger partial charge in [0.1, 0.15) is 6.54 Å². The Hall–Kier alpha value is -1.79. The SMILES string of the molecule is CCN(CC(=O)NC)C(=O)NC(C)CCC(=O)O. The minimum atomic E-state index is -0.895. The van der Waals surface area contributed by atoms with E-state index in [1.54, 1.807) is 13.8 Å². The molecular weight excluding hydrogens is 238 g/mol. The third kappa shape index (κ3) is 6.72. The van der Waals surface area contributed by atoms with Crippen molar-refractivity contribution in [2.75, 3.05) is 20.1 Å². The average Bonchev–Trinajstić information content (AvgIpc) is 2.32. The van der Waals surface area contributed by atoms with E-state index in [0.717, 1.165) is 0 Å². The second-order valence-corrected chi connectivity index (χ2v) is 3.97. The number of amides is 3. The molecule has 3 amide bonds. The molecule has 3 N–H and O–H groups in total. The van der Waals surface area contributed by atoms with Gasteiger partial charge < -0.3 is 20.6 Å². The van der Waals surface area contributed by atoms with Crippen molar-refractivity contribution in [2.45, 2.75) is 32.7 Å². The zero-order valence-electron chi connectivity index (χ0n) is 11.0. The fraction of sp³-hybridized carbons (Fsp3) is 0.727. The average molecular weight is 259 g/mol. The van der Waals surface area contributed by atoms with Gasteiger partial charge in [-0.25, -0.2) is 4.79 Å². The summed E-state index contributed by atoms with van der Waals surface area (Å²) in [6.07, 6.45) is 0.363. The number of carbonyl (C=O) groups excluding carboxylic acids is 2. The lowest BCUT2D eigenvalue weighted by Gasteiger charge is -2.23. The predicted octanol–water partition coefficient (Wildman–Crippen LogP) is 0.0172. The molecule has 0 aromatic carbocycles. The van der Waals surface area contributed by atoms with Crippen LogP contribution in [0.5, 0.6) is 0 Å². The zero-order chi connectivity index (χ0) is 14.1. The Bertz CT molecular complexity index is 307. The molecule has 0 aliphatic heterocycles. The van der Waals surface area contributed by atoms with Gasteiger partial charge in [-0.15, -0.1) is 0 Å². The summed E-state index contributed by atoms with van der Waals surface area (Å²) in [7, 11) is 1.50. The summed E-state index contributed by atoms with van der Waals surface area (Å²) < 4.78 is 0. The number of carbonyl (C=O) groups is 3. The standard InChI is InChI=1S/C11H21N3O4/c1-4-14(7-9(15)12-3)11(18)13-8(2)5-6-10(16)17/h8H,4-7H2,1-3H3,(H,12,15)(H,13,18)(H,16,17). The van der Waals surface area contributed by atoms with Gasteiger partial charge in [0, 0.05) is 26.1 Å². The number of urea groups is 1. The third-order valence-electron chi connectivity index (χ3n) is 2.44. The second-order valence-electron chi connectivity index (χ2n) is 3.97. The highest BCUT2D eigenvalue weighted by Crippen LogP contribution is 1.98. The van der Waals surface area contributed by atoms with Crippen LogP contribution in [-0.2, 0) is 9.59 Å². The Balaban J connectivity index is 4.17. The molecule has 0 radical (unpaired) electrons. The molecule has 18 heavy (non-hydrogen) atoms. The maximum Gasteiger partial charge on any atom is 0.318 e. The largest absolute Gasteiger partial charge is 0.481 e. The number of likely N-dealkylation sites (N-methyl/N-ethyl adjacent to an activating group) is 2. The fourth-order valence-corrected chi connectivity index (χ4v) is 1.29. The van der Waals surface area contributed by atoms with Gasteiger partial charge in [0.25, 0.3) is 0 Å². The van der Waals surface area contributed by atoms with Gasteiger partial charge in [0.15, 0.2) is 0 Å². The minimum Gasteiger partial charge on any atom is -0.481 e. The number of nitrogens with zero attached hydrogens (tertiary/aromatic N) is 1. The number of hydrogen-bond donors (Lipinski definition) is 3. The van der Waals surface area contributed by atoms with Crippen molar-refractivity contribution in [1.29, 1.82) is 0 Å². The van der Waals surface area contributed by atoms with Gasteiger partial charge >= 0.3 is 12.0 Å². The van der Waals surface area contributed by atoms with E-state index < -0.39 is 5.97 Å². The number of carboxylic acids is 1. The van der Waals surface area contributed by atoms with Crippen molar-refractivity contribution < 1.29 is 19.5 Å². The molecule has 0 heterocycles. The molecule has 0 saturated carbocycles. The van der Waals surface area contributed by atoms with Crippen LogP contribution in [0, 0.1) is 0 Å². The lowest BCUT2D eigenvalue weighted by molar-refractivity contribution is -0.137. The quantitative estimate of drug-likeness (QED) is 0.600. The molecule has 1 atom stereocenters. The molecular formula is C11H21N3O4. The van der Waals surface area contributed by atoms with E-state index in [1.807, 2.05) is 0 Å². The molecule has 1 unspecified atom stereocenters. The lowest BCUT2D eigenvalue weighted by atomic mass is 10.2. The Morgan fingerprint density at radius 3 is 2.39 bits per heavy atom. The van der Waals surface area contributed by atoms with Crippen LogP contribution in [0.15, 0.2) is 0 Å². The van der Waals surface area contributed by atoms with Crippen LogP contribution in [0.2, 0.25) is 0 Å². The van der Waals surface area contributed by atoms with Crippen LogP contribution >= 0.6 is 0 Å². The van der Waals surface area contributed by atoms with Crippen molar-refractivity contribution in [1.82, 2.24) is 15.5 Å². The fourth-order valence-electron chi connectivity index (χ4n) is 1.29. The highest BCUT2D eigenvalue weighted by molar-refractivity contribution is 5.83. The van der Waals surface area contributed by atoms with Crippen molar-refractivity contribution in [3.05, 3.63) is 0 Å². The first kappa shape index (κ1) is 16.2. The van der Waals surface area contributed by atoms with Crippen molar-refractivity contribution in [2.24, 2.45) is 0 Å². The van der Waals surface area contributed by atoms with E-state index in [9.17, 15) is 14.4 Å². The molecule has 0 aromatic rings. The summed E-state index contributed by atoms with van der Waals surface area (Å²) in [5.74, 6) is -1.14. The molecule has 0 spiro atoms. The number of carboxylic acid groups (broad SMARTS) is 1. The van der Waals surface area contributed by atoms with E-state index in [0.29, 0.717) is 13.0 Å². The summed E-state index contributed by atoms with van der Waals surface area (Å²) >= 11 is 0. The summed E-state index contributed by atoms with van der Waals surface area (Å²) in [5, 5.41) is 13.6. The lowest BCUT2D eigenvalue weighted by Crippen LogP contribution is -2.47. The number of hydrogen-bond acceptors (Lipinski definition) is 3. The summed E-state index contributed by atoms with van der Waals surface area (Å²) in [5.41, 5.74) is 0. The van der Waals surface area contributed by atoms with Gasteiger partial charge in [0.05, 0.1) is 0 Å². The monoisotopic (exact) mass is 259 g/mol. The van der Waals surface area contributed by atoms with Crippen LogP contribution in [-0.4, -0.2) is 54.1 Å². The van der Waals surface area contributed by atoms with Crippen LogP contribution < -0.4 is 10.6 Å². The normalized spacial score (nSPS) is 11.5. The molecule has 7 heteroatoms. The maximum absolute atomic E-state index is 11.8. The smallest absolute Gasteiger partial charge is 0.318 e. The van der Waals surface area contributed by atoms with Gasteiger partial charge in [0.2, 0.25) is 5.91 Å². The molecule has 7 nitrogen and oxygen atoms in total. The Labute approximate surface area is 107 Å². The zero-order valence-corrected chi connectivity index (χ0v) is 11.0. The van der Waals surface area contributed by atoms with Gasteiger partial charge in [-0.05, 0) is 20.3 Å². The van der Waals surface area contributed by atoms with E-state index >= 15 is 0 Å². The van der Waals surface area contributed by atoms with Crippen molar-refractivity contribution in [3.63, 3.8) is 0 Å².